The highest BCUT2D eigenvalue weighted by atomic mass is 16.6. The lowest BCUT2D eigenvalue weighted by Gasteiger charge is -2.27. The van der Waals surface area contributed by atoms with Crippen LogP contribution in [0.2, 0.25) is 0 Å². The van der Waals surface area contributed by atoms with Crippen LogP contribution in [0.1, 0.15) is 24.0 Å². The van der Waals surface area contributed by atoms with Gasteiger partial charge in [0.15, 0.2) is 6.04 Å². The van der Waals surface area contributed by atoms with Gasteiger partial charge in [-0.2, -0.15) is 0 Å². The maximum absolute atomic E-state index is 12.5. The van der Waals surface area contributed by atoms with Crippen LogP contribution in [-0.2, 0) is 14.3 Å². The number of aliphatic hydroxyl groups excluding tert-OH is 1. The second-order valence-corrected chi connectivity index (χ2v) is 6.62. The lowest BCUT2D eigenvalue weighted by Crippen LogP contribution is -2.49. The summed E-state index contributed by atoms with van der Waals surface area (Å²) >= 11 is 0. The molecule has 0 aromatic heterocycles. The van der Waals surface area contributed by atoms with Gasteiger partial charge in [-0.1, -0.05) is 48.5 Å². The normalized spacial score (nSPS) is 14.7. The molecule has 0 spiro atoms. The lowest BCUT2D eigenvalue weighted by molar-refractivity contribution is -0.149. The molecule has 6 heteroatoms. The molecule has 6 nitrogen and oxygen atoms in total. The maximum atomic E-state index is 12.5. The van der Waals surface area contributed by atoms with Crippen molar-refractivity contribution in [3.05, 3.63) is 59.7 Å². The molecule has 3 rings (SSSR count). The van der Waals surface area contributed by atoms with Crippen LogP contribution in [0.25, 0.3) is 11.1 Å². The summed E-state index contributed by atoms with van der Waals surface area (Å²) in [6, 6.07) is 15.0. The zero-order valence-electron chi connectivity index (χ0n) is 15.6. The van der Waals surface area contributed by atoms with Crippen molar-refractivity contribution >= 4 is 12.1 Å². The Morgan fingerprint density at radius 3 is 2.07 bits per heavy atom. The Morgan fingerprint density at radius 1 is 1.07 bits per heavy atom. The van der Waals surface area contributed by atoms with E-state index in [2.05, 4.69) is 16.9 Å². The Balaban J connectivity index is 1.77. The molecule has 142 valence electrons. The second-order valence-electron chi connectivity index (χ2n) is 6.62. The van der Waals surface area contributed by atoms with Crippen LogP contribution >= 0.6 is 0 Å². The van der Waals surface area contributed by atoms with Gasteiger partial charge in [0.2, 0.25) is 0 Å². The van der Waals surface area contributed by atoms with Crippen molar-refractivity contribution in [1.82, 2.24) is 4.90 Å². The number of likely N-dealkylation sites (N-methyl/N-ethyl adjacent to an activating group) is 1. The molecule has 2 atom stereocenters. The molecule has 0 aliphatic heterocycles. The molecule has 1 aliphatic rings. The number of carbonyl (C=O) groups is 2. The van der Waals surface area contributed by atoms with E-state index < -0.39 is 24.2 Å². The van der Waals surface area contributed by atoms with Gasteiger partial charge in [0.05, 0.1) is 13.2 Å². The summed E-state index contributed by atoms with van der Waals surface area (Å²) in [5.41, 5.74) is 4.49. The van der Waals surface area contributed by atoms with Gasteiger partial charge >= 0.3 is 12.1 Å². The molecular weight excluding hydrogens is 346 g/mol. The number of amides is 1. The maximum Gasteiger partial charge on any atom is 0.410 e. The number of rotatable bonds is 5. The van der Waals surface area contributed by atoms with Crippen LogP contribution in [0.5, 0.6) is 0 Å². The smallest absolute Gasteiger partial charge is 0.410 e. The highest BCUT2D eigenvalue weighted by Gasteiger charge is 2.34. The SMILES string of the molecule is COC(=O)[C@@H]([C@@H](C)O)N(C)C(=O)OCC1c2ccccc2-c2ccccc21. The fourth-order valence-corrected chi connectivity index (χ4v) is 3.61. The van der Waals surface area contributed by atoms with Gasteiger partial charge in [0, 0.05) is 13.0 Å². The molecule has 0 saturated heterocycles. The van der Waals surface area contributed by atoms with Gasteiger partial charge in [-0.05, 0) is 29.2 Å². The Morgan fingerprint density at radius 2 is 1.59 bits per heavy atom. The summed E-state index contributed by atoms with van der Waals surface area (Å²) in [5, 5.41) is 9.82. The summed E-state index contributed by atoms with van der Waals surface area (Å²) in [4.78, 5) is 25.4. The molecule has 0 fully saturated rings. The summed E-state index contributed by atoms with van der Waals surface area (Å²) in [6.07, 6.45) is -1.77. The number of nitrogens with zero attached hydrogens (tertiary/aromatic N) is 1. The summed E-state index contributed by atoms with van der Waals surface area (Å²) in [5.74, 6) is -0.765. The van der Waals surface area contributed by atoms with Crippen molar-refractivity contribution in [2.45, 2.75) is 25.0 Å². The van der Waals surface area contributed by atoms with Crippen LogP contribution in [-0.4, -0.2) is 55.0 Å². The number of ether oxygens (including phenoxy) is 2. The first-order valence-corrected chi connectivity index (χ1v) is 8.79. The van der Waals surface area contributed by atoms with Gasteiger partial charge in [0.1, 0.15) is 6.61 Å². The molecular formula is C21H23NO5. The Bertz CT molecular complexity index is 802. The third kappa shape index (κ3) is 3.53. The van der Waals surface area contributed by atoms with Crippen LogP contribution in [0, 0.1) is 0 Å². The van der Waals surface area contributed by atoms with Crippen LogP contribution < -0.4 is 0 Å². The van der Waals surface area contributed by atoms with Gasteiger partial charge < -0.3 is 14.6 Å². The molecule has 0 bridgehead atoms. The van der Waals surface area contributed by atoms with Crippen LogP contribution in [0.3, 0.4) is 0 Å². The number of benzene rings is 2. The summed E-state index contributed by atoms with van der Waals surface area (Å²) in [7, 11) is 2.62. The van der Waals surface area contributed by atoms with Crippen LogP contribution in [0.15, 0.2) is 48.5 Å². The monoisotopic (exact) mass is 369 g/mol. The minimum atomic E-state index is -1.12. The third-order valence-electron chi connectivity index (χ3n) is 4.94. The number of aliphatic hydroxyl groups is 1. The van der Waals surface area contributed by atoms with Crippen molar-refractivity contribution < 1.29 is 24.2 Å². The second kappa shape index (κ2) is 7.80. The molecule has 27 heavy (non-hydrogen) atoms. The van der Waals surface area contributed by atoms with Crippen molar-refractivity contribution in [2.24, 2.45) is 0 Å². The highest BCUT2D eigenvalue weighted by Crippen LogP contribution is 2.44. The first kappa shape index (κ1) is 18.9. The average Bonchev–Trinajstić information content (AvgIpc) is 2.99. The fourth-order valence-electron chi connectivity index (χ4n) is 3.61. The lowest BCUT2D eigenvalue weighted by atomic mass is 9.98. The van der Waals surface area contributed by atoms with E-state index in [0.717, 1.165) is 27.2 Å². The van der Waals surface area contributed by atoms with Gasteiger partial charge in [0.25, 0.3) is 0 Å². The number of hydrogen-bond acceptors (Lipinski definition) is 5. The van der Waals surface area contributed by atoms with Crippen molar-refractivity contribution in [2.75, 3.05) is 20.8 Å². The number of esters is 1. The topological polar surface area (TPSA) is 76.1 Å². The standard InChI is InChI=1S/C21H23NO5/c1-13(23)19(20(24)26-3)22(2)21(25)27-12-18-16-10-6-4-8-14(16)15-9-5-7-11-17(15)18/h4-11,13,18-19,23H,12H2,1-3H3/t13-,19-/m1/s1. The van der Waals surface area contributed by atoms with Crippen molar-refractivity contribution in [3.8, 4) is 11.1 Å². The summed E-state index contributed by atoms with van der Waals surface area (Å²) < 4.78 is 10.2. The van der Waals surface area contributed by atoms with E-state index in [4.69, 9.17) is 4.74 Å². The molecule has 2 aromatic rings. The molecule has 1 aliphatic carbocycles. The van der Waals surface area contributed by atoms with E-state index in [0.29, 0.717) is 0 Å². The van der Waals surface area contributed by atoms with E-state index in [1.54, 1.807) is 0 Å². The molecule has 1 N–H and O–H groups in total. The van der Waals surface area contributed by atoms with E-state index in [9.17, 15) is 14.7 Å². The quantitative estimate of drug-likeness (QED) is 0.820. The van der Waals surface area contributed by atoms with Gasteiger partial charge in [-0.3, -0.25) is 4.90 Å². The number of fused-ring (bicyclic) bond motifs is 3. The van der Waals surface area contributed by atoms with E-state index in [1.807, 2.05) is 36.4 Å². The predicted molar refractivity (Wildman–Crippen MR) is 100 cm³/mol. The first-order valence-electron chi connectivity index (χ1n) is 8.79. The van der Waals surface area contributed by atoms with E-state index in [-0.39, 0.29) is 12.5 Å². The predicted octanol–water partition coefficient (Wildman–Crippen LogP) is 2.79. The average molecular weight is 369 g/mol. The zero-order chi connectivity index (χ0) is 19.6. The van der Waals surface area contributed by atoms with Gasteiger partial charge in [-0.25, -0.2) is 9.59 Å². The minimum absolute atomic E-state index is 0.0714. The highest BCUT2D eigenvalue weighted by molar-refractivity contribution is 5.82. The molecule has 0 heterocycles. The van der Waals surface area contributed by atoms with E-state index >= 15 is 0 Å². The summed E-state index contributed by atoms with van der Waals surface area (Å²) in [6.45, 7) is 1.57. The zero-order valence-corrected chi connectivity index (χ0v) is 15.6. The Kier molecular flexibility index (Phi) is 5.46. The van der Waals surface area contributed by atoms with Crippen molar-refractivity contribution in [3.63, 3.8) is 0 Å². The van der Waals surface area contributed by atoms with Gasteiger partial charge in [-0.15, -0.1) is 0 Å². The molecule has 0 unspecified atom stereocenters. The fraction of sp³-hybridized carbons (Fsp3) is 0.333. The third-order valence-corrected chi connectivity index (χ3v) is 4.94. The van der Waals surface area contributed by atoms with Crippen LogP contribution in [0.4, 0.5) is 4.79 Å². The van der Waals surface area contributed by atoms with Crippen molar-refractivity contribution in [1.29, 1.82) is 0 Å². The molecule has 1 amide bonds. The first-order chi connectivity index (χ1) is 13.0. The molecule has 0 saturated carbocycles. The number of carbonyl (C=O) groups excluding carboxylic acids is 2. The number of methoxy groups -OCH3 is 1. The Labute approximate surface area is 158 Å². The number of hydrogen-bond donors (Lipinski definition) is 1. The molecule has 0 radical (unpaired) electrons. The Hall–Kier alpha value is -2.86. The largest absolute Gasteiger partial charge is 0.467 e. The van der Waals surface area contributed by atoms with E-state index in [1.165, 1.54) is 21.1 Å². The minimum Gasteiger partial charge on any atom is -0.467 e. The molecule has 2 aromatic carbocycles.